The fraction of sp³-hybridized carbons (Fsp3) is 0.278. The number of carbonyl (C=O) groups excluding carboxylic acids is 1. The van der Waals surface area contributed by atoms with Gasteiger partial charge in [-0.15, -0.1) is 0 Å². The fourth-order valence-electron chi connectivity index (χ4n) is 2.69. The normalized spacial score (nSPS) is 17.6. The van der Waals surface area contributed by atoms with E-state index in [1.807, 2.05) is 30.3 Å². The van der Waals surface area contributed by atoms with Gasteiger partial charge in [-0.2, -0.15) is 4.98 Å². The standard InChI is InChI=1S/C18H21N5O3/c1-20-16-13(10-19)9-15-22-17(16)26-8-7-25-11-14(21-18(24)23-15)12-5-3-2-4-6-12/h2-6,9-10,14,19-20H,7-8,11H2,1H3,(H2,21,22,23,24)/t14-/m1/s1. The van der Waals surface area contributed by atoms with Crippen molar-refractivity contribution in [2.45, 2.75) is 6.04 Å². The first-order chi connectivity index (χ1) is 12.7. The number of hydrogen-bond donors (Lipinski definition) is 4. The number of rotatable bonds is 3. The maximum absolute atomic E-state index is 12.4. The van der Waals surface area contributed by atoms with Crippen molar-refractivity contribution in [3.63, 3.8) is 0 Å². The highest BCUT2D eigenvalue weighted by Gasteiger charge is 2.18. The number of anilines is 2. The molecule has 2 aromatic rings. The minimum Gasteiger partial charge on any atom is -0.474 e. The Morgan fingerprint density at radius 1 is 1.31 bits per heavy atom. The number of nitrogens with zero attached hydrogens (tertiary/aromatic N) is 1. The number of urea groups is 1. The lowest BCUT2D eigenvalue weighted by molar-refractivity contribution is 0.0839. The summed E-state index contributed by atoms with van der Waals surface area (Å²) in [4.78, 5) is 16.7. The van der Waals surface area contributed by atoms with Crippen LogP contribution in [0.15, 0.2) is 36.4 Å². The van der Waals surface area contributed by atoms with Crippen molar-refractivity contribution in [1.29, 1.82) is 5.41 Å². The first-order valence-electron chi connectivity index (χ1n) is 8.27. The van der Waals surface area contributed by atoms with Crippen LogP contribution in [0.1, 0.15) is 17.2 Å². The molecule has 26 heavy (non-hydrogen) atoms. The van der Waals surface area contributed by atoms with Crippen LogP contribution in [-0.2, 0) is 4.74 Å². The van der Waals surface area contributed by atoms with Crippen molar-refractivity contribution < 1.29 is 14.3 Å². The van der Waals surface area contributed by atoms with Crippen molar-refractivity contribution in [3.05, 3.63) is 47.5 Å². The van der Waals surface area contributed by atoms with Crippen LogP contribution in [0.3, 0.4) is 0 Å². The molecular weight excluding hydrogens is 334 g/mol. The van der Waals surface area contributed by atoms with Gasteiger partial charge in [0.1, 0.15) is 18.1 Å². The summed E-state index contributed by atoms with van der Waals surface area (Å²) >= 11 is 0. The van der Waals surface area contributed by atoms with E-state index >= 15 is 0 Å². The summed E-state index contributed by atoms with van der Waals surface area (Å²) in [6.45, 7) is 0.979. The maximum Gasteiger partial charge on any atom is 0.320 e. The molecule has 1 aliphatic heterocycles. The Morgan fingerprint density at radius 2 is 2.12 bits per heavy atom. The van der Waals surface area contributed by atoms with Gasteiger partial charge in [-0.25, -0.2) is 4.79 Å². The predicted molar refractivity (Wildman–Crippen MR) is 99.3 cm³/mol. The average Bonchev–Trinajstić information content (AvgIpc) is 2.66. The third-order valence-electron chi connectivity index (χ3n) is 3.92. The molecule has 0 fully saturated rings. The van der Waals surface area contributed by atoms with Crippen LogP contribution in [0.5, 0.6) is 5.88 Å². The molecular formula is C18H21N5O3. The molecule has 0 spiro atoms. The monoisotopic (exact) mass is 355 g/mol. The number of amides is 2. The van der Waals surface area contributed by atoms with Gasteiger partial charge >= 0.3 is 6.03 Å². The first-order valence-corrected chi connectivity index (χ1v) is 8.27. The molecule has 1 atom stereocenters. The Hall–Kier alpha value is -3.13. The molecule has 136 valence electrons. The van der Waals surface area contributed by atoms with E-state index in [0.717, 1.165) is 5.56 Å². The third-order valence-corrected chi connectivity index (χ3v) is 3.92. The Labute approximate surface area is 151 Å². The second-order valence-corrected chi connectivity index (χ2v) is 5.66. The topological polar surface area (TPSA) is 108 Å². The lowest BCUT2D eigenvalue weighted by atomic mass is 10.1. The highest BCUT2D eigenvalue weighted by atomic mass is 16.5. The van der Waals surface area contributed by atoms with E-state index in [2.05, 4.69) is 20.9 Å². The van der Waals surface area contributed by atoms with Crippen molar-refractivity contribution in [2.75, 3.05) is 37.5 Å². The van der Waals surface area contributed by atoms with Crippen LogP contribution in [0, 0.1) is 5.41 Å². The number of nitrogens with one attached hydrogen (secondary N) is 4. The molecule has 8 nitrogen and oxygen atoms in total. The number of aromatic nitrogens is 1. The van der Waals surface area contributed by atoms with Crippen LogP contribution in [0.25, 0.3) is 0 Å². The maximum atomic E-state index is 12.4. The summed E-state index contributed by atoms with van der Waals surface area (Å²) in [6, 6.07) is 10.5. The van der Waals surface area contributed by atoms with Gasteiger partial charge in [-0.1, -0.05) is 30.3 Å². The number of hydrogen-bond acceptors (Lipinski definition) is 6. The number of fused-ring (bicyclic) bond motifs is 2. The Morgan fingerprint density at radius 3 is 2.85 bits per heavy atom. The predicted octanol–water partition coefficient (Wildman–Crippen LogP) is 2.39. The van der Waals surface area contributed by atoms with Gasteiger partial charge < -0.3 is 25.5 Å². The van der Waals surface area contributed by atoms with E-state index in [4.69, 9.17) is 14.9 Å². The smallest absolute Gasteiger partial charge is 0.320 e. The Kier molecular flexibility index (Phi) is 5.65. The van der Waals surface area contributed by atoms with Crippen molar-refractivity contribution in [1.82, 2.24) is 10.3 Å². The fourth-order valence-corrected chi connectivity index (χ4v) is 2.69. The lowest BCUT2D eigenvalue weighted by Gasteiger charge is -2.21. The third kappa shape index (κ3) is 4.09. The van der Waals surface area contributed by atoms with Crippen LogP contribution in [0.4, 0.5) is 16.3 Å². The zero-order valence-electron chi connectivity index (χ0n) is 14.4. The molecule has 0 saturated heterocycles. The van der Waals surface area contributed by atoms with Crippen molar-refractivity contribution in [2.24, 2.45) is 0 Å². The average molecular weight is 355 g/mol. The number of benzene rings is 1. The number of pyridine rings is 1. The molecule has 2 amide bonds. The van der Waals surface area contributed by atoms with Crippen LogP contribution in [-0.4, -0.2) is 44.1 Å². The molecule has 0 unspecified atom stereocenters. The van der Waals surface area contributed by atoms with Gasteiger partial charge in [-0.3, -0.25) is 5.32 Å². The zero-order valence-corrected chi connectivity index (χ0v) is 14.4. The van der Waals surface area contributed by atoms with Crippen LogP contribution in [0.2, 0.25) is 0 Å². The second-order valence-electron chi connectivity index (χ2n) is 5.66. The molecule has 0 aliphatic carbocycles. The Bertz CT molecular complexity index is 782. The molecule has 4 N–H and O–H groups in total. The highest BCUT2D eigenvalue weighted by Crippen LogP contribution is 2.28. The quantitative estimate of drug-likeness (QED) is 0.632. The first kappa shape index (κ1) is 17.7. The summed E-state index contributed by atoms with van der Waals surface area (Å²) in [5, 5.41) is 16.1. The summed E-state index contributed by atoms with van der Waals surface area (Å²) in [7, 11) is 1.72. The summed E-state index contributed by atoms with van der Waals surface area (Å²) in [6.07, 6.45) is 1.18. The molecule has 1 aromatic heterocycles. The molecule has 2 bridgehead atoms. The molecule has 1 aromatic carbocycles. The van der Waals surface area contributed by atoms with E-state index in [0.29, 0.717) is 42.8 Å². The molecule has 1 aliphatic rings. The number of carbonyl (C=O) groups is 1. The highest BCUT2D eigenvalue weighted by molar-refractivity contribution is 5.93. The Balaban J connectivity index is 1.88. The molecule has 2 heterocycles. The molecule has 0 radical (unpaired) electrons. The van der Waals surface area contributed by atoms with Crippen LogP contribution >= 0.6 is 0 Å². The summed E-state index contributed by atoms with van der Waals surface area (Å²) < 4.78 is 11.3. The van der Waals surface area contributed by atoms with Gasteiger partial charge in [0.25, 0.3) is 0 Å². The van der Waals surface area contributed by atoms with Crippen LogP contribution < -0.4 is 20.7 Å². The molecule has 3 rings (SSSR count). The SMILES string of the molecule is CNc1c(C=N)cc2nc1OCCOC[C@H](c1ccccc1)NC(=O)N2. The van der Waals surface area contributed by atoms with Gasteiger partial charge in [0, 0.05) is 18.8 Å². The van der Waals surface area contributed by atoms with E-state index in [-0.39, 0.29) is 6.04 Å². The van der Waals surface area contributed by atoms with E-state index in [1.54, 1.807) is 13.1 Å². The zero-order chi connectivity index (χ0) is 18.4. The largest absolute Gasteiger partial charge is 0.474 e. The van der Waals surface area contributed by atoms with Gasteiger partial charge in [-0.05, 0) is 11.6 Å². The lowest BCUT2D eigenvalue weighted by Crippen LogP contribution is -2.35. The molecule has 8 heteroatoms. The van der Waals surface area contributed by atoms with Gasteiger partial charge in [0.05, 0.1) is 19.3 Å². The summed E-state index contributed by atoms with van der Waals surface area (Å²) in [5.74, 6) is 0.621. The van der Waals surface area contributed by atoms with E-state index in [1.165, 1.54) is 6.21 Å². The van der Waals surface area contributed by atoms with Crippen molar-refractivity contribution in [3.8, 4) is 5.88 Å². The van der Waals surface area contributed by atoms with E-state index < -0.39 is 6.03 Å². The van der Waals surface area contributed by atoms with Gasteiger partial charge in [0.15, 0.2) is 0 Å². The van der Waals surface area contributed by atoms with Gasteiger partial charge in [0.2, 0.25) is 5.88 Å². The number of ether oxygens (including phenoxy) is 2. The summed E-state index contributed by atoms with van der Waals surface area (Å²) in [5.41, 5.74) is 2.09. The molecule has 0 saturated carbocycles. The van der Waals surface area contributed by atoms with E-state index in [9.17, 15) is 4.79 Å². The van der Waals surface area contributed by atoms with Crippen molar-refractivity contribution >= 4 is 23.8 Å². The second kappa shape index (κ2) is 8.30. The minimum absolute atomic E-state index is 0.297. The minimum atomic E-state index is -0.408.